The third kappa shape index (κ3) is 3.62. The number of methoxy groups -OCH3 is 1. The number of nitrogens with zero attached hydrogens (tertiary/aromatic N) is 4. The summed E-state index contributed by atoms with van der Waals surface area (Å²) in [6.07, 6.45) is 0. The summed E-state index contributed by atoms with van der Waals surface area (Å²) in [6.45, 7) is 12.2. The van der Waals surface area contributed by atoms with Gasteiger partial charge in [0.15, 0.2) is 0 Å². The Morgan fingerprint density at radius 1 is 1.09 bits per heavy atom. The number of ether oxygens (including phenoxy) is 1. The molecule has 9 heteroatoms. The van der Waals surface area contributed by atoms with Crippen molar-refractivity contribution < 1.29 is 9.26 Å². The van der Waals surface area contributed by atoms with Gasteiger partial charge < -0.3 is 19.6 Å². The number of fused-ring (bicyclic) bond motifs is 3. The first kappa shape index (κ1) is 21.4. The first-order chi connectivity index (χ1) is 15.7. The molecule has 33 heavy (non-hydrogen) atoms. The van der Waals surface area contributed by atoms with Crippen molar-refractivity contribution in [2.75, 3.05) is 12.4 Å². The summed E-state index contributed by atoms with van der Waals surface area (Å²) in [5.41, 5.74) is 5.40. The van der Waals surface area contributed by atoms with Crippen LogP contribution in [0.5, 0.6) is 5.75 Å². The summed E-state index contributed by atoms with van der Waals surface area (Å²) in [5.74, 6) is 2.89. The average Bonchev–Trinajstić information content (AvgIpc) is 3.43. The Balaban J connectivity index is 1.70. The van der Waals surface area contributed by atoms with E-state index in [1.54, 1.807) is 7.11 Å². The maximum atomic E-state index is 5.78. The Morgan fingerprint density at radius 2 is 1.88 bits per heavy atom. The molecule has 0 atom stereocenters. The number of nitrogens with one attached hydrogen (secondary N) is 2. The summed E-state index contributed by atoms with van der Waals surface area (Å²) in [5, 5.41) is 10.4. The fraction of sp³-hybridized carbons (Fsp3) is 0.333. The third-order valence-electron chi connectivity index (χ3n) is 5.71. The molecule has 0 radical (unpaired) electrons. The van der Waals surface area contributed by atoms with Crippen LogP contribution < -0.4 is 10.1 Å². The molecule has 0 aliphatic heterocycles. The number of anilines is 2. The lowest BCUT2D eigenvalue weighted by Gasteiger charge is -2.13. The largest absolute Gasteiger partial charge is 0.496 e. The molecule has 0 aliphatic carbocycles. The molecular formula is C24H26N6O2S. The SMILES string of the molecule is COc1cc2c(cc1-c1c(C)noc1C)[nH]c1nc(C)nc(Nc3cc(C(C)(C)C)ns3)c12. The van der Waals surface area contributed by atoms with Gasteiger partial charge in [-0.3, -0.25) is 0 Å². The first-order valence-electron chi connectivity index (χ1n) is 10.7. The van der Waals surface area contributed by atoms with Gasteiger partial charge in [0.25, 0.3) is 0 Å². The molecule has 0 unspecified atom stereocenters. The van der Waals surface area contributed by atoms with Crippen molar-refractivity contribution in [3.05, 3.63) is 41.2 Å². The minimum Gasteiger partial charge on any atom is -0.496 e. The van der Waals surface area contributed by atoms with Crippen molar-refractivity contribution in [1.82, 2.24) is 24.5 Å². The van der Waals surface area contributed by atoms with Gasteiger partial charge in [-0.25, -0.2) is 9.97 Å². The topological polar surface area (TPSA) is 102 Å². The molecule has 0 fully saturated rings. The van der Waals surface area contributed by atoms with Gasteiger partial charge >= 0.3 is 0 Å². The number of hydrogen-bond donors (Lipinski definition) is 2. The normalized spacial score (nSPS) is 12.1. The van der Waals surface area contributed by atoms with Gasteiger partial charge in [0.1, 0.15) is 33.8 Å². The van der Waals surface area contributed by atoms with E-state index in [-0.39, 0.29) is 5.41 Å². The van der Waals surface area contributed by atoms with Gasteiger partial charge in [-0.15, -0.1) is 0 Å². The lowest BCUT2D eigenvalue weighted by molar-refractivity contribution is 0.393. The van der Waals surface area contributed by atoms with Gasteiger partial charge in [0, 0.05) is 21.9 Å². The summed E-state index contributed by atoms with van der Waals surface area (Å²) < 4.78 is 15.8. The van der Waals surface area contributed by atoms with Crippen LogP contribution in [0, 0.1) is 20.8 Å². The van der Waals surface area contributed by atoms with Crippen molar-refractivity contribution in [2.24, 2.45) is 0 Å². The highest BCUT2D eigenvalue weighted by Crippen LogP contribution is 2.41. The molecule has 2 N–H and O–H groups in total. The lowest BCUT2D eigenvalue weighted by Crippen LogP contribution is -2.10. The van der Waals surface area contributed by atoms with E-state index in [1.165, 1.54) is 11.5 Å². The van der Waals surface area contributed by atoms with E-state index in [1.807, 2.05) is 26.8 Å². The van der Waals surface area contributed by atoms with Crippen LogP contribution in [-0.2, 0) is 5.41 Å². The van der Waals surface area contributed by atoms with E-state index in [9.17, 15) is 0 Å². The van der Waals surface area contributed by atoms with Gasteiger partial charge in [-0.05, 0) is 50.5 Å². The molecule has 4 aromatic heterocycles. The second-order valence-corrected chi connectivity index (χ2v) is 10.0. The maximum absolute atomic E-state index is 5.78. The molecule has 170 valence electrons. The highest BCUT2D eigenvalue weighted by atomic mass is 32.1. The Labute approximate surface area is 195 Å². The minimum absolute atomic E-state index is 0.0178. The van der Waals surface area contributed by atoms with Crippen LogP contribution >= 0.6 is 11.5 Å². The van der Waals surface area contributed by atoms with Gasteiger partial charge in [0.2, 0.25) is 0 Å². The molecule has 0 amide bonds. The Kier molecular flexibility index (Phi) is 4.89. The van der Waals surface area contributed by atoms with Gasteiger partial charge in [-0.2, -0.15) is 4.37 Å². The number of aromatic nitrogens is 5. The second-order valence-electron chi connectivity index (χ2n) is 9.22. The Hall–Kier alpha value is -3.46. The summed E-state index contributed by atoms with van der Waals surface area (Å²) in [4.78, 5) is 12.8. The van der Waals surface area contributed by atoms with E-state index in [0.29, 0.717) is 5.82 Å². The van der Waals surface area contributed by atoms with Crippen molar-refractivity contribution >= 4 is 44.3 Å². The molecule has 8 nitrogen and oxygen atoms in total. The average molecular weight is 463 g/mol. The Morgan fingerprint density at radius 3 is 2.52 bits per heavy atom. The van der Waals surface area contributed by atoms with E-state index in [0.717, 1.165) is 66.8 Å². The standard InChI is InChI=1S/C24H26N6O2S/c1-11-20(12(2)32-29-11)15-8-16-14(9-17(15)31-7)21-22(27-16)25-13(3)26-23(21)28-19-10-18(30-33-19)24(4,5)6/h8-10H,1-7H3,(H2,25,26,27,28). The zero-order chi connectivity index (χ0) is 23.5. The van der Waals surface area contributed by atoms with E-state index < -0.39 is 0 Å². The fourth-order valence-corrected chi connectivity index (χ4v) is 4.89. The Bertz CT molecular complexity index is 1490. The van der Waals surface area contributed by atoms with Crippen LogP contribution in [0.15, 0.2) is 22.7 Å². The molecule has 5 rings (SSSR count). The van der Waals surface area contributed by atoms with Crippen molar-refractivity contribution in [1.29, 1.82) is 0 Å². The number of aryl methyl sites for hydroxylation is 3. The van der Waals surface area contributed by atoms with Crippen molar-refractivity contribution in [3.63, 3.8) is 0 Å². The maximum Gasteiger partial charge on any atom is 0.144 e. The molecule has 0 bridgehead atoms. The lowest BCUT2D eigenvalue weighted by atomic mass is 9.92. The number of hydrogen-bond acceptors (Lipinski definition) is 8. The fourth-order valence-electron chi connectivity index (χ4n) is 4.06. The molecule has 4 heterocycles. The van der Waals surface area contributed by atoms with Gasteiger partial charge in [0.05, 0.1) is 29.4 Å². The smallest absolute Gasteiger partial charge is 0.144 e. The molecular weight excluding hydrogens is 436 g/mol. The highest BCUT2D eigenvalue weighted by molar-refractivity contribution is 7.10. The predicted octanol–water partition coefficient (Wildman–Crippen LogP) is 6.20. The first-order valence-corrected chi connectivity index (χ1v) is 11.5. The van der Waals surface area contributed by atoms with Crippen LogP contribution in [-0.4, -0.2) is 31.6 Å². The highest BCUT2D eigenvalue weighted by Gasteiger charge is 2.22. The number of rotatable bonds is 4. The molecule has 0 saturated heterocycles. The van der Waals surface area contributed by atoms with Gasteiger partial charge in [-0.1, -0.05) is 25.9 Å². The van der Waals surface area contributed by atoms with E-state index in [4.69, 9.17) is 14.2 Å². The van der Waals surface area contributed by atoms with E-state index in [2.05, 4.69) is 57.7 Å². The quantitative estimate of drug-likeness (QED) is 0.328. The monoisotopic (exact) mass is 462 g/mol. The van der Waals surface area contributed by atoms with Crippen LogP contribution in [0.3, 0.4) is 0 Å². The summed E-state index contributed by atoms with van der Waals surface area (Å²) in [6, 6.07) is 6.16. The molecule has 5 aromatic rings. The van der Waals surface area contributed by atoms with Crippen molar-refractivity contribution in [3.8, 4) is 16.9 Å². The van der Waals surface area contributed by atoms with Crippen LogP contribution in [0.1, 0.15) is 43.7 Å². The molecule has 1 aromatic carbocycles. The number of benzene rings is 1. The number of H-pyrrole nitrogens is 1. The van der Waals surface area contributed by atoms with Crippen LogP contribution in [0.2, 0.25) is 0 Å². The zero-order valence-corrected chi connectivity index (χ0v) is 20.6. The molecule has 0 saturated carbocycles. The molecule has 0 spiro atoms. The second kappa shape index (κ2) is 7.55. The third-order valence-corrected chi connectivity index (χ3v) is 6.41. The zero-order valence-electron chi connectivity index (χ0n) is 19.7. The minimum atomic E-state index is -0.0178. The number of aromatic amines is 1. The van der Waals surface area contributed by atoms with Crippen molar-refractivity contribution in [2.45, 2.75) is 47.0 Å². The van der Waals surface area contributed by atoms with Crippen LogP contribution in [0.25, 0.3) is 33.1 Å². The summed E-state index contributed by atoms with van der Waals surface area (Å²) >= 11 is 1.43. The predicted molar refractivity (Wildman–Crippen MR) is 132 cm³/mol. The van der Waals surface area contributed by atoms with Crippen LogP contribution in [0.4, 0.5) is 10.8 Å². The van der Waals surface area contributed by atoms with E-state index >= 15 is 0 Å². The molecule has 0 aliphatic rings. The summed E-state index contributed by atoms with van der Waals surface area (Å²) in [7, 11) is 1.67.